The molecule has 1 N–H and O–H groups in total. The summed E-state index contributed by atoms with van der Waals surface area (Å²) in [6, 6.07) is 14.5. The predicted octanol–water partition coefficient (Wildman–Crippen LogP) is 3.26. The van der Waals surface area contributed by atoms with Gasteiger partial charge in [-0.15, -0.1) is 0 Å². The van der Waals surface area contributed by atoms with E-state index in [1.54, 1.807) is 0 Å². The Hall–Kier alpha value is -1.84. The van der Waals surface area contributed by atoms with Crippen LogP contribution >= 0.6 is 0 Å². The molecule has 3 aromatic rings. The molecule has 0 aliphatic rings. The monoisotopic (exact) mass is 347 g/mol. The fourth-order valence-corrected chi connectivity index (χ4v) is 3.41. The van der Waals surface area contributed by atoms with Crippen LogP contribution in [-0.4, -0.2) is 29.5 Å². The third kappa shape index (κ3) is 3.09. The van der Waals surface area contributed by atoms with E-state index >= 15 is 0 Å². The van der Waals surface area contributed by atoms with Crippen molar-refractivity contribution in [1.82, 2.24) is 7.96 Å². The van der Waals surface area contributed by atoms with E-state index in [4.69, 9.17) is 4.74 Å². The van der Waals surface area contributed by atoms with Gasteiger partial charge in [-0.3, -0.25) is 0 Å². The van der Waals surface area contributed by atoms with Crippen LogP contribution in [0, 0.1) is 0 Å². The number of anilines is 1. The van der Waals surface area contributed by atoms with E-state index in [0.29, 0.717) is 6.61 Å². The second-order valence-electron chi connectivity index (χ2n) is 4.81. The van der Waals surface area contributed by atoms with Crippen LogP contribution < -0.4 is 10.1 Å². The number of nitrogens with zero attached hydrogens (tertiary/aromatic N) is 2. The van der Waals surface area contributed by atoms with Crippen molar-refractivity contribution in [2.45, 2.75) is 19.9 Å². The number of benzene rings is 2. The SMILES string of the molecule is CCOc1ccc(C(C)Nc2cccc3n[se]nc23)cc1. The molecular formula is C16H17N3OSe. The van der Waals surface area contributed by atoms with Gasteiger partial charge < -0.3 is 0 Å². The maximum atomic E-state index is 5.47. The first-order chi connectivity index (χ1) is 10.3. The summed E-state index contributed by atoms with van der Waals surface area (Å²) in [6.45, 7) is 4.83. The Labute approximate surface area is 130 Å². The number of hydrogen-bond acceptors (Lipinski definition) is 4. The normalized spacial score (nSPS) is 12.3. The summed E-state index contributed by atoms with van der Waals surface area (Å²) in [5.74, 6) is 0.908. The van der Waals surface area contributed by atoms with Crippen LogP contribution in [0.5, 0.6) is 5.75 Å². The zero-order valence-electron chi connectivity index (χ0n) is 12.0. The first-order valence-electron chi connectivity index (χ1n) is 6.98. The van der Waals surface area contributed by atoms with Gasteiger partial charge in [0, 0.05) is 0 Å². The van der Waals surface area contributed by atoms with Gasteiger partial charge >= 0.3 is 130 Å². The number of nitrogens with one attached hydrogen (secondary N) is 1. The van der Waals surface area contributed by atoms with Crippen LogP contribution in [0.25, 0.3) is 11.0 Å². The summed E-state index contributed by atoms with van der Waals surface area (Å²) in [5, 5.41) is 3.53. The molecule has 5 heteroatoms. The van der Waals surface area contributed by atoms with E-state index in [-0.39, 0.29) is 21.0 Å². The van der Waals surface area contributed by atoms with E-state index in [1.165, 1.54) is 5.56 Å². The molecule has 0 radical (unpaired) electrons. The topological polar surface area (TPSA) is 47.0 Å². The standard InChI is InChI=1S/C16H17N3OSe/c1-3-20-13-9-7-12(8-10-13)11(2)17-14-5-4-6-15-16(14)19-21-18-15/h4-11,17H,3H2,1-2H3. The van der Waals surface area contributed by atoms with Gasteiger partial charge in [0.15, 0.2) is 0 Å². The van der Waals surface area contributed by atoms with Crippen molar-refractivity contribution in [3.8, 4) is 5.75 Å². The quantitative estimate of drug-likeness (QED) is 0.721. The molecule has 1 atom stereocenters. The summed E-state index contributed by atoms with van der Waals surface area (Å²) < 4.78 is 14.4. The van der Waals surface area contributed by atoms with Crippen LogP contribution in [0.1, 0.15) is 25.5 Å². The summed E-state index contributed by atoms with van der Waals surface area (Å²) in [6.07, 6.45) is 0. The number of rotatable bonds is 5. The maximum absolute atomic E-state index is 5.47. The third-order valence-corrected chi connectivity index (χ3v) is 4.49. The van der Waals surface area contributed by atoms with Gasteiger partial charge in [0.1, 0.15) is 0 Å². The molecule has 0 aliphatic carbocycles. The van der Waals surface area contributed by atoms with Crippen LogP contribution in [-0.2, 0) is 0 Å². The van der Waals surface area contributed by atoms with Crippen molar-refractivity contribution in [2.75, 3.05) is 11.9 Å². The van der Waals surface area contributed by atoms with E-state index in [9.17, 15) is 0 Å². The van der Waals surface area contributed by atoms with E-state index in [0.717, 1.165) is 22.5 Å². The Morgan fingerprint density at radius 2 is 1.95 bits per heavy atom. The molecule has 0 aliphatic heterocycles. The molecule has 4 nitrogen and oxygen atoms in total. The van der Waals surface area contributed by atoms with Crippen molar-refractivity contribution < 1.29 is 4.74 Å². The van der Waals surface area contributed by atoms with Crippen molar-refractivity contribution in [3.05, 3.63) is 48.0 Å². The summed E-state index contributed by atoms with van der Waals surface area (Å²) in [7, 11) is 0. The van der Waals surface area contributed by atoms with Crippen LogP contribution in [0.2, 0.25) is 0 Å². The number of ether oxygens (including phenoxy) is 1. The van der Waals surface area contributed by atoms with E-state index in [1.807, 2.05) is 31.2 Å². The fraction of sp³-hybridized carbons (Fsp3) is 0.250. The zero-order chi connectivity index (χ0) is 14.7. The number of fused-ring (bicyclic) bond motifs is 1. The van der Waals surface area contributed by atoms with Crippen molar-refractivity contribution >= 4 is 31.7 Å². The Kier molecular flexibility index (Phi) is 4.23. The van der Waals surface area contributed by atoms with Gasteiger partial charge in [-0.05, 0) is 0 Å². The summed E-state index contributed by atoms with van der Waals surface area (Å²) in [5.41, 5.74) is 4.27. The molecular weight excluding hydrogens is 329 g/mol. The van der Waals surface area contributed by atoms with Crippen molar-refractivity contribution in [3.63, 3.8) is 0 Å². The molecule has 3 rings (SSSR count). The average molecular weight is 346 g/mol. The summed E-state index contributed by atoms with van der Waals surface area (Å²) >= 11 is 0.00247. The molecule has 2 aromatic carbocycles. The summed E-state index contributed by atoms with van der Waals surface area (Å²) in [4.78, 5) is 0. The van der Waals surface area contributed by atoms with Gasteiger partial charge in [0.05, 0.1) is 0 Å². The molecule has 1 unspecified atom stereocenters. The molecule has 108 valence electrons. The first kappa shape index (κ1) is 14.1. The minimum atomic E-state index is 0.00247. The Morgan fingerprint density at radius 1 is 1.14 bits per heavy atom. The Balaban J connectivity index is 1.79. The fourth-order valence-electron chi connectivity index (χ4n) is 2.26. The molecule has 21 heavy (non-hydrogen) atoms. The van der Waals surface area contributed by atoms with Gasteiger partial charge in [-0.25, -0.2) is 0 Å². The molecule has 0 saturated heterocycles. The molecule has 0 amide bonds. The second kappa shape index (κ2) is 6.29. The van der Waals surface area contributed by atoms with Gasteiger partial charge in [0.2, 0.25) is 0 Å². The minimum absolute atomic E-state index is 0.00247. The predicted molar refractivity (Wildman–Crippen MR) is 86.1 cm³/mol. The number of aromatic nitrogens is 2. The van der Waals surface area contributed by atoms with Gasteiger partial charge in [0.25, 0.3) is 0 Å². The van der Waals surface area contributed by atoms with Crippen LogP contribution in [0.4, 0.5) is 5.69 Å². The molecule has 0 saturated carbocycles. The Morgan fingerprint density at radius 3 is 2.71 bits per heavy atom. The number of hydrogen-bond donors (Lipinski definition) is 1. The zero-order valence-corrected chi connectivity index (χ0v) is 13.7. The molecule has 0 spiro atoms. The van der Waals surface area contributed by atoms with Gasteiger partial charge in [-0.2, -0.15) is 0 Å². The van der Waals surface area contributed by atoms with Crippen molar-refractivity contribution in [1.29, 1.82) is 0 Å². The average Bonchev–Trinajstić information content (AvgIpc) is 2.98. The van der Waals surface area contributed by atoms with Crippen molar-refractivity contribution in [2.24, 2.45) is 0 Å². The second-order valence-corrected chi connectivity index (χ2v) is 5.91. The van der Waals surface area contributed by atoms with Gasteiger partial charge in [-0.1, -0.05) is 0 Å². The molecule has 0 bridgehead atoms. The molecule has 1 aromatic heterocycles. The van der Waals surface area contributed by atoms with Crippen LogP contribution in [0.15, 0.2) is 42.5 Å². The van der Waals surface area contributed by atoms with E-state index < -0.39 is 0 Å². The van der Waals surface area contributed by atoms with Crippen LogP contribution in [0.3, 0.4) is 0 Å². The molecule has 1 heterocycles. The Bertz CT molecular complexity index is 724. The third-order valence-electron chi connectivity index (χ3n) is 3.35. The first-order valence-corrected chi connectivity index (χ1v) is 8.51. The molecule has 0 fully saturated rings. The van der Waals surface area contributed by atoms with E-state index in [2.05, 4.69) is 38.4 Å².